The molecule has 2 aliphatic heterocycles. The van der Waals surface area contributed by atoms with E-state index in [1.54, 1.807) is 18.5 Å². The predicted molar refractivity (Wildman–Crippen MR) is 98.6 cm³/mol. The predicted octanol–water partition coefficient (Wildman–Crippen LogP) is 1.93. The third kappa shape index (κ3) is 3.85. The van der Waals surface area contributed by atoms with E-state index < -0.39 is 0 Å². The van der Waals surface area contributed by atoms with Gasteiger partial charge in [0.25, 0.3) is 0 Å². The second kappa shape index (κ2) is 8.12. The Kier molecular flexibility index (Phi) is 5.42. The molecule has 2 fully saturated rings. The molecule has 2 aromatic heterocycles. The topological polar surface area (TPSA) is 88.2 Å². The maximum Gasteiger partial charge on any atom is 0.240 e. The summed E-state index contributed by atoms with van der Waals surface area (Å²) in [6.07, 6.45) is 8.69. The zero-order valence-corrected chi connectivity index (χ0v) is 15.8. The number of aryl methyl sites for hydroxylation is 1. The van der Waals surface area contributed by atoms with Crippen LogP contribution in [0.2, 0.25) is 0 Å². The van der Waals surface area contributed by atoms with Crippen LogP contribution in [0.3, 0.4) is 0 Å². The molecule has 4 rings (SSSR count). The minimum absolute atomic E-state index is 0.193. The van der Waals surface area contributed by atoms with Crippen molar-refractivity contribution in [1.82, 2.24) is 29.9 Å². The molecule has 0 bridgehead atoms. The lowest BCUT2D eigenvalue weighted by molar-refractivity contribution is -0.138. The molecule has 2 aromatic rings. The molecular formula is C19H26N6O2. The first kappa shape index (κ1) is 18.0. The van der Waals surface area contributed by atoms with Crippen LogP contribution in [0.15, 0.2) is 23.0 Å². The van der Waals surface area contributed by atoms with Gasteiger partial charge in [0.05, 0.1) is 0 Å². The average Bonchev–Trinajstić information content (AvgIpc) is 3.21. The molecule has 0 spiro atoms. The van der Waals surface area contributed by atoms with Crippen LogP contribution < -0.4 is 0 Å². The molecule has 27 heavy (non-hydrogen) atoms. The van der Waals surface area contributed by atoms with E-state index in [-0.39, 0.29) is 5.91 Å². The van der Waals surface area contributed by atoms with Gasteiger partial charge in [-0.05, 0) is 44.8 Å². The van der Waals surface area contributed by atoms with Gasteiger partial charge in [0.1, 0.15) is 0 Å². The number of nitrogens with zero attached hydrogens (tertiary/aromatic N) is 6. The fraction of sp³-hybridized carbons (Fsp3) is 0.632. The molecule has 2 aliphatic rings. The Balaban J connectivity index is 1.37. The number of likely N-dealkylation sites (N-methyl/N-ethyl adjacent to an activating group) is 1. The maximum atomic E-state index is 12.9. The van der Waals surface area contributed by atoms with Crippen molar-refractivity contribution in [2.75, 3.05) is 19.6 Å². The number of rotatable bonds is 5. The van der Waals surface area contributed by atoms with Gasteiger partial charge < -0.3 is 9.42 Å². The second-order valence-corrected chi connectivity index (χ2v) is 7.22. The number of carbonyl (C=O) groups is 1. The number of likely N-dealkylation sites (tertiary alicyclic amines) is 2. The van der Waals surface area contributed by atoms with Crippen molar-refractivity contribution >= 4 is 5.91 Å². The van der Waals surface area contributed by atoms with E-state index in [0.717, 1.165) is 32.5 Å². The Labute approximate surface area is 159 Å². The summed E-state index contributed by atoms with van der Waals surface area (Å²) in [5, 5.41) is 3.92. The highest BCUT2D eigenvalue weighted by Crippen LogP contribution is 2.30. The van der Waals surface area contributed by atoms with Crippen LogP contribution in [0, 0.1) is 0 Å². The van der Waals surface area contributed by atoms with Crippen molar-refractivity contribution in [2.24, 2.45) is 0 Å². The Morgan fingerprint density at radius 2 is 1.93 bits per heavy atom. The number of fused-ring (bicyclic) bond motifs is 1. The molecule has 2 unspecified atom stereocenters. The van der Waals surface area contributed by atoms with Crippen LogP contribution in [0.4, 0.5) is 0 Å². The van der Waals surface area contributed by atoms with Crippen LogP contribution in [-0.2, 0) is 11.2 Å². The molecular weight excluding hydrogens is 344 g/mol. The highest BCUT2D eigenvalue weighted by Gasteiger charge is 2.38. The Hall–Kier alpha value is -2.35. The lowest BCUT2D eigenvalue weighted by atomic mass is 9.87. The van der Waals surface area contributed by atoms with Gasteiger partial charge in [-0.3, -0.25) is 9.69 Å². The zero-order chi connectivity index (χ0) is 18.6. The summed E-state index contributed by atoms with van der Waals surface area (Å²) in [7, 11) is 0. The quantitative estimate of drug-likeness (QED) is 0.794. The molecule has 0 aliphatic carbocycles. The molecule has 2 atom stereocenters. The minimum atomic E-state index is 0.193. The van der Waals surface area contributed by atoms with E-state index in [1.165, 1.54) is 12.8 Å². The van der Waals surface area contributed by atoms with Gasteiger partial charge in [-0.15, -0.1) is 0 Å². The van der Waals surface area contributed by atoms with Crippen LogP contribution in [-0.4, -0.2) is 67.5 Å². The number of hydrogen-bond acceptors (Lipinski definition) is 7. The fourth-order valence-electron chi connectivity index (χ4n) is 4.40. The van der Waals surface area contributed by atoms with E-state index >= 15 is 0 Å². The number of hydrogen-bond donors (Lipinski definition) is 0. The summed E-state index contributed by atoms with van der Waals surface area (Å²) in [6, 6.07) is 2.61. The van der Waals surface area contributed by atoms with Gasteiger partial charge >= 0.3 is 0 Å². The molecule has 4 heterocycles. The summed E-state index contributed by atoms with van der Waals surface area (Å²) in [5.41, 5.74) is 0. The number of amides is 1. The lowest BCUT2D eigenvalue weighted by Gasteiger charge is -2.49. The summed E-state index contributed by atoms with van der Waals surface area (Å²) in [5.74, 6) is 1.44. The first-order valence-corrected chi connectivity index (χ1v) is 9.89. The van der Waals surface area contributed by atoms with Gasteiger partial charge in [0.15, 0.2) is 0 Å². The molecule has 0 aromatic carbocycles. The smallest absolute Gasteiger partial charge is 0.240 e. The third-order valence-corrected chi connectivity index (χ3v) is 5.67. The molecule has 2 saturated heterocycles. The van der Waals surface area contributed by atoms with E-state index in [4.69, 9.17) is 4.52 Å². The summed E-state index contributed by atoms with van der Waals surface area (Å²) in [4.78, 5) is 30.1. The first-order chi connectivity index (χ1) is 13.3. The van der Waals surface area contributed by atoms with Gasteiger partial charge in [0.2, 0.25) is 23.4 Å². The van der Waals surface area contributed by atoms with Gasteiger partial charge in [-0.2, -0.15) is 4.98 Å². The molecule has 0 N–H and O–H groups in total. The fourth-order valence-corrected chi connectivity index (χ4v) is 4.40. The van der Waals surface area contributed by atoms with Crippen molar-refractivity contribution in [3.05, 3.63) is 24.4 Å². The molecule has 8 nitrogen and oxygen atoms in total. The molecule has 144 valence electrons. The van der Waals surface area contributed by atoms with E-state index in [9.17, 15) is 4.79 Å². The van der Waals surface area contributed by atoms with E-state index in [1.807, 2.05) is 0 Å². The SMILES string of the molecule is CCN1CCCC2C1CCCN2C(=O)CCc1nc(-c2ncccn2)no1. The van der Waals surface area contributed by atoms with E-state index in [2.05, 4.69) is 36.8 Å². The number of carbonyl (C=O) groups excluding carboxylic acids is 1. The van der Waals surface area contributed by atoms with Gasteiger partial charge in [0, 0.05) is 43.9 Å². The highest BCUT2D eigenvalue weighted by molar-refractivity contribution is 5.77. The largest absolute Gasteiger partial charge is 0.339 e. The van der Waals surface area contributed by atoms with Crippen molar-refractivity contribution in [3.63, 3.8) is 0 Å². The minimum Gasteiger partial charge on any atom is -0.339 e. The van der Waals surface area contributed by atoms with Crippen LogP contribution in [0.25, 0.3) is 11.6 Å². The molecule has 1 amide bonds. The van der Waals surface area contributed by atoms with Crippen LogP contribution in [0.1, 0.15) is 44.9 Å². The summed E-state index contributed by atoms with van der Waals surface area (Å²) >= 11 is 0. The Morgan fingerprint density at radius 3 is 2.74 bits per heavy atom. The maximum absolute atomic E-state index is 12.9. The summed E-state index contributed by atoms with van der Waals surface area (Å²) < 4.78 is 5.28. The Bertz CT molecular complexity index is 765. The van der Waals surface area contributed by atoms with Gasteiger partial charge in [-0.1, -0.05) is 12.1 Å². The zero-order valence-electron chi connectivity index (χ0n) is 15.8. The second-order valence-electron chi connectivity index (χ2n) is 7.22. The van der Waals surface area contributed by atoms with Crippen molar-refractivity contribution in [3.8, 4) is 11.6 Å². The van der Waals surface area contributed by atoms with Crippen molar-refractivity contribution < 1.29 is 9.32 Å². The van der Waals surface area contributed by atoms with Crippen LogP contribution >= 0.6 is 0 Å². The number of aromatic nitrogens is 4. The first-order valence-electron chi connectivity index (χ1n) is 9.89. The summed E-state index contributed by atoms with van der Waals surface area (Å²) in [6.45, 7) is 5.30. The molecule has 0 radical (unpaired) electrons. The molecule has 8 heteroatoms. The van der Waals surface area contributed by atoms with Crippen molar-refractivity contribution in [2.45, 2.75) is 57.5 Å². The van der Waals surface area contributed by atoms with Crippen molar-refractivity contribution in [1.29, 1.82) is 0 Å². The third-order valence-electron chi connectivity index (χ3n) is 5.67. The Morgan fingerprint density at radius 1 is 1.15 bits per heavy atom. The average molecular weight is 370 g/mol. The lowest BCUT2D eigenvalue weighted by Crippen LogP contribution is -2.59. The van der Waals surface area contributed by atoms with Gasteiger partial charge in [-0.25, -0.2) is 9.97 Å². The normalized spacial score (nSPS) is 23.2. The van der Waals surface area contributed by atoms with Crippen LogP contribution in [0.5, 0.6) is 0 Å². The molecule has 0 saturated carbocycles. The highest BCUT2D eigenvalue weighted by atomic mass is 16.5. The van der Waals surface area contributed by atoms with E-state index in [0.29, 0.717) is 42.5 Å². The standard InChI is InChI=1S/C19H26N6O2/c1-2-24-12-3-7-15-14(24)6-4-13-25(15)17(26)9-8-16-22-19(23-27-16)18-20-10-5-11-21-18/h5,10-11,14-15H,2-4,6-9,12-13H2,1H3. The monoisotopic (exact) mass is 370 g/mol. The number of piperidine rings is 2.